The lowest BCUT2D eigenvalue weighted by Gasteiger charge is -2.01. The highest BCUT2D eigenvalue weighted by Gasteiger charge is 2.10. The Hall–Kier alpha value is -1.57. The molecule has 5 nitrogen and oxygen atoms in total. The van der Waals surface area contributed by atoms with Gasteiger partial charge in [0.1, 0.15) is 0 Å². The molecule has 1 atom stereocenters. The fraction of sp³-hybridized carbons (Fsp3) is 0.700. The van der Waals surface area contributed by atoms with Gasteiger partial charge in [0, 0.05) is 12.8 Å². The van der Waals surface area contributed by atoms with Crippen molar-refractivity contribution in [2.45, 2.75) is 26.7 Å². The van der Waals surface area contributed by atoms with Gasteiger partial charge in [0.15, 0.2) is 0 Å². The summed E-state index contributed by atoms with van der Waals surface area (Å²) in [6.07, 6.45) is 0.698. The molecule has 0 aliphatic carbocycles. The fourth-order valence-electron chi connectivity index (χ4n) is 0.566. The van der Waals surface area contributed by atoms with Crippen molar-refractivity contribution in [2.75, 3.05) is 14.2 Å². The average molecular weight is 215 g/mol. The molecule has 0 saturated carbocycles. The van der Waals surface area contributed by atoms with Gasteiger partial charge in [-0.3, -0.25) is 9.59 Å². The zero-order valence-electron chi connectivity index (χ0n) is 9.57. The van der Waals surface area contributed by atoms with Crippen LogP contribution in [0.15, 0.2) is 0 Å². The number of carbonyl (C=O) groups excluding carboxylic acids is 2. The minimum atomic E-state index is -0.323. The maximum atomic E-state index is 10.5. The third-order valence-corrected chi connectivity index (χ3v) is 1.52. The maximum absolute atomic E-state index is 10.5. The predicted molar refractivity (Wildman–Crippen MR) is 53.7 cm³/mol. The number of esters is 2. The first-order valence-electron chi connectivity index (χ1n) is 4.55. The van der Waals surface area contributed by atoms with Crippen LogP contribution in [0.5, 0.6) is 0 Å². The minimum Gasteiger partial charge on any atom is -0.469 e. The number of carbonyl (C=O) groups is 2. The number of ether oxygens (including phenoxy) is 2. The van der Waals surface area contributed by atoms with Crippen LogP contribution in [0.4, 0.5) is 0 Å². The molecule has 1 unspecified atom stereocenters. The Labute approximate surface area is 90.0 Å². The molecule has 5 heteroatoms. The van der Waals surface area contributed by atoms with E-state index in [0.717, 1.165) is 0 Å². The topological polar surface area (TPSA) is 76.4 Å². The Balaban J connectivity index is 0. The van der Waals surface area contributed by atoms with Gasteiger partial charge >= 0.3 is 11.9 Å². The first kappa shape index (κ1) is 15.9. The largest absolute Gasteiger partial charge is 0.469 e. The Morgan fingerprint density at radius 3 is 2.07 bits per heavy atom. The van der Waals surface area contributed by atoms with E-state index in [9.17, 15) is 9.59 Å². The zero-order valence-corrected chi connectivity index (χ0v) is 9.57. The lowest BCUT2D eigenvalue weighted by Crippen LogP contribution is -2.11. The molecule has 0 radical (unpaired) electrons. The SMILES string of the molecule is CCC(=O)OC.COC(=O)C(C)CC#N. The van der Waals surface area contributed by atoms with Gasteiger partial charge in [-0.15, -0.1) is 0 Å². The van der Waals surface area contributed by atoms with Gasteiger partial charge in [-0.05, 0) is 0 Å². The molecule has 0 spiro atoms. The third kappa shape index (κ3) is 10.4. The Bertz CT molecular complexity index is 226. The summed E-state index contributed by atoms with van der Waals surface area (Å²) in [7, 11) is 2.70. The molecule has 0 aromatic rings. The fourth-order valence-corrected chi connectivity index (χ4v) is 0.566. The summed E-state index contributed by atoms with van der Waals surface area (Å²) in [5, 5.41) is 8.12. The summed E-state index contributed by atoms with van der Waals surface area (Å²) in [5.41, 5.74) is 0. The van der Waals surface area contributed by atoms with Crippen molar-refractivity contribution in [1.82, 2.24) is 0 Å². The van der Waals surface area contributed by atoms with E-state index in [1.54, 1.807) is 13.8 Å². The third-order valence-electron chi connectivity index (χ3n) is 1.52. The summed E-state index contributed by atoms with van der Waals surface area (Å²) in [4.78, 5) is 20.5. The predicted octanol–water partition coefficient (Wildman–Crippen LogP) is 1.28. The number of hydrogen-bond acceptors (Lipinski definition) is 5. The van der Waals surface area contributed by atoms with Crippen molar-refractivity contribution in [3.63, 3.8) is 0 Å². The van der Waals surface area contributed by atoms with Crippen LogP contribution in [-0.4, -0.2) is 26.2 Å². The van der Waals surface area contributed by atoms with E-state index in [2.05, 4.69) is 9.47 Å². The molecule has 86 valence electrons. The van der Waals surface area contributed by atoms with Gasteiger partial charge in [-0.2, -0.15) is 5.26 Å². The molecule has 0 aliphatic rings. The molecule has 0 amide bonds. The summed E-state index contributed by atoms with van der Waals surface area (Å²) in [6.45, 7) is 3.42. The van der Waals surface area contributed by atoms with E-state index < -0.39 is 0 Å². The summed E-state index contributed by atoms with van der Waals surface area (Å²) in [6, 6.07) is 1.88. The molecule has 0 saturated heterocycles. The Kier molecular flexibility index (Phi) is 11.1. The van der Waals surface area contributed by atoms with Crippen molar-refractivity contribution < 1.29 is 19.1 Å². The van der Waals surface area contributed by atoms with Gasteiger partial charge in [0.05, 0.1) is 26.2 Å². The molecule has 0 rings (SSSR count). The number of hydrogen-bond donors (Lipinski definition) is 0. The normalized spacial score (nSPS) is 10.1. The Morgan fingerprint density at radius 2 is 1.87 bits per heavy atom. The van der Waals surface area contributed by atoms with Crippen LogP contribution in [0.25, 0.3) is 0 Å². The monoisotopic (exact) mass is 215 g/mol. The lowest BCUT2D eigenvalue weighted by atomic mass is 10.1. The van der Waals surface area contributed by atoms with Crippen molar-refractivity contribution in [3.05, 3.63) is 0 Å². The van der Waals surface area contributed by atoms with E-state index in [0.29, 0.717) is 6.42 Å². The zero-order chi connectivity index (χ0) is 12.3. The summed E-state index contributed by atoms with van der Waals surface area (Å²) < 4.78 is 8.63. The van der Waals surface area contributed by atoms with Crippen LogP contribution in [0.1, 0.15) is 26.7 Å². The molecule has 0 N–H and O–H groups in total. The van der Waals surface area contributed by atoms with Gasteiger partial charge in [-0.1, -0.05) is 13.8 Å². The van der Waals surface area contributed by atoms with Gasteiger partial charge in [0.25, 0.3) is 0 Å². The standard InChI is InChI=1S/C6H9NO2.C4H8O2/c1-5(3-4-7)6(8)9-2;1-3-4(5)6-2/h5H,3H2,1-2H3;3H2,1-2H3. The van der Waals surface area contributed by atoms with Crippen LogP contribution < -0.4 is 0 Å². The van der Waals surface area contributed by atoms with Crippen LogP contribution in [0, 0.1) is 17.2 Å². The quantitative estimate of drug-likeness (QED) is 0.663. The minimum absolute atomic E-state index is 0.157. The van der Waals surface area contributed by atoms with Crippen LogP contribution in [-0.2, 0) is 19.1 Å². The first-order valence-corrected chi connectivity index (χ1v) is 4.55. The second kappa shape index (κ2) is 10.5. The molecule has 0 heterocycles. The average Bonchev–Trinajstić information content (AvgIpc) is 2.27. The van der Waals surface area contributed by atoms with Crippen LogP contribution in [0.3, 0.4) is 0 Å². The summed E-state index contributed by atoms with van der Waals surface area (Å²) >= 11 is 0. The molecular weight excluding hydrogens is 198 g/mol. The number of nitrogens with zero attached hydrogens (tertiary/aromatic N) is 1. The smallest absolute Gasteiger partial charge is 0.309 e. The second-order valence-corrected chi connectivity index (χ2v) is 2.72. The highest BCUT2D eigenvalue weighted by molar-refractivity contribution is 5.72. The number of rotatable bonds is 3. The highest BCUT2D eigenvalue weighted by atomic mass is 16.5. The molecule has 0 aromatic heterocycles. The molecule has 15 heavy (non-hydrogen) atoms. The van der Waals surface area contributed by atoms with Crippen molar-refractivity contribution in [2.24, 2.45) is 5.92 Å². The van der Waals surface area contributed by atoms with E-state index in [1.165, 1.54) is 14.2 Å². The van der Waals surface area contributed by atoms with E-state index in [-0.39, 0.29) is 24.3 Å². The van der Waals surface area contributed by atoms with Crippen molar-refractivity contribution >= 4 is 11.9 Å². The second-order valence-electron chi connectivity index (χ2n) is 2.72. The van der Waals surface area contributed by atoms with Crippen LogP contribution in [0.2, 0.25) is 0 Å². The lowest BCUT2D eigenvalue weighted by molar-refractivity contribution is -0.144. The van der Waals surface area contributed by atoms with Gasteiger partial charge < -0.3 is 9.47 Å². The first-order chi connectivity index (χ1) is 7.03. The molecule has 0 fully saturated rings. The number of nitriles is 1. The van der Waals surface area contributed by atoms with Gasteiger partial charge in [-0.25, -0.2) is 0 Å². The summed E-state index contributed by atoms with van der Waals surface area (Å²) in [5.74, 6) is -0.772. The van der Waals surface area contributed by atoms with E-state index in [4.69, 9.17) is 5.26 Å². The molecular formula is C10H17NO4. The number of methoxy groups -OCH3 is 2. The van der Waals surface area contributed by atoms with E-state index in [1.807, 2.05) is 6.07 Å². The molecule has 0 aliphatic heterocycles. The van der Waals surface area contributed by atoms with E-state index >= 15 is 0 Å². The highest BCUT2D eigenvalue weighted by Crippen LogP contribution is 2.01. The maximum Gasteiger partial charge on any atom is 0.309 e. The van der Waals surface area contributed by atoms with Gasteiger partial charge in [0.2, 0.25) is 0 Å². The Morgan fingerprint density at radius 1 is 1.33 bits per heavy atom. The van der Waals surface area contributed by atoms with Crippen molar-refractivity contribution in [1.29, 1.82) is 5.26 Å². The van der Waals surface area contributed by atoms with Crippen molar-refractivity contribution in [3.8, 4) is 6.07 Å². The molecule has 0 aromatic carbocycles. The molecule has 0 bridgehead atoms. The van der Waals surface area contributed by atoms with Crippen LogP contribution >= 0.6 is 0 Å².